The molecule has 0 saturated carbocycles. The normalized spacial score (nSPS) is 14.5. The Morgan fingerprint density at radius 1 is 0.867 bits per heavy atom. The summed E-state index contributed by atoms with van der Waals surface area (Å²) in [6.45, 7) is 18.5. The van der Waals surface area contributed by atoms with Gasteiger partial charge >= 0.3 is 0 Å². The van der Waals surface area contributed by atoms with Crippen molar-refractivity contribution in [2.75, 3.05) is 0 Å². The van der Waals surface area contributed by atoms with Crippen LogP contribution in [0.1, 0.15) is 27.2 Å². The lowest BCUT2D eigenvalue weighted by Gasteiger charge is -2.38. The van der Waals surface area contributed by atoms with E-state index in [-0.39, 0.29) is 16.8 Å². The van der Waals surface area contributed by atoms with Crippen molar-refractivity contribution in [3.8, 4) is 11.5 Å². The minimum atomic E-state index is -2.02. The molecule has 2 aromatic carbocycles. The van der Waals surface area contributed by atoms with E-state index >= 15 is 0 Å². The van der Waals surface area contributed by atoms with Gasteiger partial charge in [-0.05, 0) is 42.2 Å². The first kappa shape index (κ1) is 25.0. The van der Waals surface area contributed by atoms with Crippen molar-refractivity contribution in [3.05, 3.63) is 60.7 Å². The van der Waals surface area contributed by atoms with E-state index < -0.39 is 16.4 Å². The van der Waals surface area contributed by atoms with Crippen LogP contribution in [0, 0.1) is 16.9 Å². The second kappa shape index (κ2) is 10.4. The van der Waals surface area contributed by atoms with E-state index in [9.17, 15) is 0 Å². The van der Waals surface area contributed by atoms with Gasteiger partial charge in [0.2, 0.25) is 8.32 Å². The maximum Gasteiger partial charge on any atom is 0.218 e. The van der Waals surface area contributed by atoms with Gasteiger partial charge in [-0.25, -0.2) is 0 Å². The van der Waals surface area contributed by atoms with Gasteiger partial charge in [0.1, 0.15) is 8.07 Å². The Kier molecular flexibility index (Phi) is 8.64. The van der Waals surface area contributed by atoms with Gasteiger partial charge in [0.25, 0.3) is 0 Å². The standard InChI is InChI=1S/C26H38OSSi2/c1-26(2,3)25(27-30(7,8)24-17-13-10-14-18-24)21-23(19-20-29(4,5)6)28-22-15-11-9-12-16-22/h9-18,23,25H,21H2,1-8H3/t23-,25-/m0/s1. The van der Waals surface area contributed by atoms with Gasteiger partial charge in [0, 0.05) is 4.90 Å². The van der Waals surface area contributed by atoms with Crippen LogP contribution in [0.2, 0.25) is 32.7 Å². The van der Waals surface area contributed by atoms with Crippen LogP contribution < -0.4 is 5.19 Å². The molecule has 0 bridgehead atoms. The first-order chi connectivity index (χ1) is 13.9. The third kappa shape index (κ3) is 8.47. The van der Waals surface area contributed by atoms with E-state index in [1.54, 1.807) is 0 Å². The fourth-order valence-electron chi connectivity index (χ4n) is 3.13. The highest BCUT2D eigenvalue weighted by Crippen LogP contribution is 2.34. The average molecular weight is 455 g/mol. The monoisotopic (exact) mass is 454 g/mol. The van der Waals surface area contributed by atoms with Gasteiger partial charge < -0.3 is 4.43 Å². The lowest BCUT2D eigenvalue weighted by Crippen LogP contribution is -2.50. The minimum absolute atomic E-state index is 0.0510. The zero-order valence-electron chi connectivity index (χ0n) is 20.0. The Balaban J connectivity index is 2.29. The van der Waals surface area contributed by atoms with E-state index in [0.29, 0.717) is 0 Å². The molecule has 1 nitrogen and oxygen atoms in total. The third-order valence-corrected chi connectivity index (χ3v) is 9.56. The van der Waals surface area contributed by atoms with Gasteiger partial charge in [-0.1, -0.05) is 94.9 Å². The Bertz CT molecular complexity index is 840. The molecule has 0 saturated heterocycles. The maximum atomic E-state index is 6.96. The smallest absolute Gasteiger partial charge is 0.218 e. The van der Waals surface area contributed by atoms with Gasteiger partial charge in [-0.3, -0.25) is 0 Å². The van der Waals surface area contributed by atoms with Gasteiger partial charge in [-0.2, -0.15) is 0 Å². The molecule has 4 heteroatoms. The molecular formula is C26H38OSSi2. The first-order valence-electron chi connectivity index (χ1n) is 10.8. The average Bonchev–Trinajstić information content (AvgIpc) is 2.65. The second-order valence-electron chi connectivity index (χ2n) is 10.5. The molecule has 2 aromatic rings. The summed E-state index contributed by atoms with van der Waals surface area (Å²) in [5, 5.41) is 1.57. The topological polar surface area (TPSA) is 9.23 Å². The lowest BCUT2D eigenvalue weighted by molar-refractivity contribution is 0.0764. The minimum Gasteiger partial charge on any atom is -0.409 e. The summed E-state index contributed by atoms with van der Waals surface area (Å²) in [6, 6.07) is 21.4. The predicted octanol–water partition coefficient (Wildman–Crippen LogP) is 6.96. The van der Waals surface area contributed by atoms with Crippen molar-refractivity contribution >= 4 is 33.3 Å². The van der Waals surface area contributed by atoms with E-state index in [1.165, 1.54) is 10.1 Å². The molecule has 0 aliphatic rings. The number of hydrogen-bond acceptors (Lipinski definition) is 2. The van der Waals surface area contributed by atoms with Gasteiger partial charge in [0.05, 0.1) is 11.4 Å². The molecule has 162 valence electrons. The van der Waals surface area contributed by atoms with Crippen LogP contribution in [-0.4, -0.2) is 27.7 Å². The zero-order chi connectivity index (χ0) is 22.4. The first-order valence-corrected chi connectivity index (χ1v) is 18.1. The summed E-state index contributed by atoms with van der Waals surface area (Å²) in [7, 11) is -3.46. The summed E-state index contributed by atoms with van der Waals surface area (Å²) in [5.41, 5.74) is 3.67. The SMILES string of the molecule is CC(C)(C)[C@H](C[C@H](C#C[Si](C)(C)C)Sc1ccccc1)O[Si](C)(C)c1ccccc1. The largest absolute Gasteiger partial charge is 0.409 e. The highest BCUT2D eigenvalue weighted by Gasteiger charge is 2.36. The van der Waals surface area contributed by atoms with Gasteiger partial charge in [-0.15, -0.1) is 17.3 Å². The van der Waals surface area contributed by atoms with Crippen LogP contribution in [0.3, 0.4) is 0 Å². The number of hydrogen-bond donors (Lipinski definition) is 0. The number of benzene rings is 2. The summed E-state index contributed by atoms with van der Waals surface area (Å²) in [5.74, 6) is 3.65. The molecule has 0 aliphatic heterocycles. The highest BCUT2D eigenvalue weighted by atomic mass is 32.2. The number of rotatable bonds is 7. The number of thioether (sulfide) groups is 1. The summed E-state index contributed by atoms with van der Waals surface area (Å²) in [4.78, 5) is 1.28. The second-order valence-corrected chi connectivity index (χ2v) is 20.4. The third-order valence-electron chi connectivity index (χ3n) is 4.93. The van der Waals surface area contributed by atoms with Crippen molar-refractivity contribution < 1.29 is 4.43 Å². The van der Waals surface area contributed by atoms with Crippen LogP contribution in [-0.2, 0) is 4.43 Å². The summed E-state index contributed by atoms with van der Waals surface area (Å²) in [6.07, 6.45) is 1.08. The van der Waals surface area contributed by atoms with Crippen molar-refractivity contribution in [1.29, 1.82) is 0 Å². The van der Waals surface area contributed by atoms with Crippen LogP contribution in [0.15, 0.2) is 65.6 Å². The quantitative estimate of drug-likeness (QED) is 0.254. The van der Waals surface area contributed by atoms with Gasteiger partial charge in [0.15, 0.2) is 0 Å². The van der Waals surface area contributed by atoms with Crippen molar-refractivity contribution in [2.24, 2.45) is 5.41 Å². The molecule has 2 atom stereocenters. The molecule has 0 aromatic heterocycles. The van der Waals surface area contributed by atoms with Crippen LogP contribution >= 0.6 is 11.8 Å². The fourth-order valence-corrected chi connectivity index (χ4v) is 7.17. The fraction of sp³-hybridized carbons (Fsp3) is 0.462. The Hall–Kier alpha value is -1.26. The van der Waals surface area contributed by atoms with Crippen molar-refractivity contribution in [2.45, 2.75) is 76.2 Å². The Morgan fingerprint density at radius 3 is 1.90 bits per heavy atom. The van der Waals surface area contributed by atoms with E-state index in [2.05, 4.69) is 126 Å². The van der Waals surface area contributed by atoms with Crippen LogP contribution in [0.4, 0.5) is 0 Å². The van der Waals surface area contributed by atoms with Crippen LogP contribution in [0.5, 0.6) is 0 Å². The van der Waals surface area contributed by atoms with Crippen LogP contribution in [0.25, 0.3) is 0 Å². The molecule has 0 fully saturated rings. The molecule has 0 spiro atoms. The molecule has 0 amide bonds. The molecule has 30 heavy (non-hydrogen) atoms. The Labute approximate surface area is 191 Å². The lowest BCUT2D eigenvalue weighted by atomic mass is 9.86. The van der Waals surface area contributed by atoms with E-state index in [0.717, 1.165) is 6.42 Å². The highest BCUT2D eigenvalue weighted by molar-refractivity contribution is 8.00. The molecule has 0 heterocycles. The molecule has 2 rings (SSSR count). The molecule has 0 unspecified atom stereocenters. The molecule has 0 radical (unpaired) electrons. The van der Waals surface area contributed by atoms with Crippen molar-refractivity contribution in [3.63, 3.8) is 0 Å². The van der Waals surface area contributed by atoms with E-state index in [4.69, 9.17) is 4.43 Å². The zero-order valence-corrected chi connectivity index (χ0v) is 22.8. The van der Waals surface area contributed by atoms with Crippen molar-refractivity contribution in [1.82, 2.24) is 0 Å². The molecular weight excluding hydrogens is 417 g/mol. The summed E-state index contributed by atoms with van der Waals surface area (Å²) < 4.78 is 6.96. The summed E-state index contributed by atoms with van der Waals surface area (Å²) >= 11 is 1.88. The Morgan fingerprint density at radius 2 is 1.40 bits per heavy atom. The molecule has 0 N–H and O–H groups in total. The van der Waals surface area contributed by atoms with E-state index in [1.807, 2.05) is 11.8 Å². The molecule has 0 aliphatic carbocycles. The maximum absolute atomic E-state index is 6.96. The predicted molar refractivity (Wildman–Crippen MR) is 140 cm³/mol.